The molecule has 0 bridgehead atoms. The molecule has 86 valence electrons. The first kappa shape index (κ1) is 10.8. The van der Waals surface area contributed by atoms with E-state index < -0.39 is 0 Å². The molecule has 2 heterocycles. The van der Waals surface area contributed by atoms with Gasteiger partial charge in [-0.1, -0.05) is 30.3 Å². The fraction of sp³-hybridized carbons (Fsp3) is 0. The maximum atomic E-state index is 8.93. The lowest BCUT2D eigenvalue weighted by atomic mass is 10.2. The molecule has 0 spiro atoms. The summed E-state index contributed by atoms with van der Waals surface area (Å²) in [6.07, 6.45) is 5.19. The van der Waals surface area contributed by atoms with E-state index in [9.17, 15) is 0 Å². The van der Waals surface area contributed by atoms with Crippen molar-refractivity contribution in [2.75, 3.05) is 0 Å². The number of imidazole rings is 1. The van der Waals surface area contributed by atoms with Gasteiger partial charge in [0.2, 0.25) is 0 Å². The number of thiocyanates is 1. The van der Waals surface area contributed by atoms with Crippen molar-refractivity contribution in [3.05, 3.63) is 48.9 Å². The van der Waals surface area contributed by atoms with Crippen molar-refractivity contribution in [2.24, 2.45) is 0 Å². The average molecular weight is 252 g/mol. The van der Waals surface area contributed by atoms with Gasteiger partial charge < -0.3 is 0 Å². The summed E-state index contributed by atoms with van der Waals surface area (Å²) in [5.74, 6) is 0. The molecule has 4 nitrogen and oxygen atoms in total. The smallest absolute Gasteiger partial charge is 0.156 e. The lowest BCUT2D eigenvalue weighted by Crippen LogP contribution is -1.86. The molecule has 0 fully saturated rings. The summed E-state index contributed by atoms with van der Waals surface area (Å²) < 4.78 is 1.88. The molecular weight excluding hydrogens is 244 g/mol. The first-order chi connectivity index (χ1) is 8.90. The molecular formula is C13H8N4S. The van der Waals surface area contributed by atoms with Crippen molar-refractivity contribution in [1.29, 1.82) is 5.26 Å². The Kier molecular flexibility index (Phi) is 2.71. The number of fused-ring (bicyclic) bond motifs is 1. The van der Waals surface area contributed by atoms with Crippen molar-refractivity contribution in [1.82, 2.24) is 14.4 Å². The Morgan fingerprint density at radius 1 is 1.22 bits per heavy atom. The van der Waals surface area contributed by atoms with Gasteiger partial charge in [-0.2, -0.15) is 5.26 Å². The fourth-order valence-electron chi connectivity index (χ4n) is 1.81. The largest absolute Gasteiger partial charge is 0.290 e. The van der Waals surface area contributed by atoms with Crippen LogP contribution in [-0.4, -0.2) is 14.4 Å². The van der Waals surface area contributed by atoms with E-state index in [1.165, 1.54) is 0 Å². The molecule has 0 atom stereocenters. The predicted molar refractivity (Wildman–Crippen MR) is 69.9 cm³/mol. The van der Waals surface area contributed by atoms with Crippen LogP contribution in [0.5, 0.6) is 0 Å². The van der Waals surface area contributed by atoms with Crippen molar-refractivity contribution >= 4 is 17.4 Å². The molecule has 18 heavy (non-hydrogen) atoms. The van der Waals surface area contributed by atoms with E-state index in [1.54, 1.807) is 12.4 Å². The molecule has 0 saturated carbocycles. The van der Waals surface area contributed by atoms with Crippen LogP contribution >= 0.6 is 11.8 Å². The van der Waals surface area contributed by atoms with Crippen LogP contribution in [-0.2, 0) is 0 Å². The molecule has 1 aromatic carbocycles. The zero-order chi connectivity index (χ0) is 12.4. The number of hydrogen-bond donors (Lipinski definition) is 0. The van der Waals surface area contributed by atoms with Gasteiger partial charge in [0.05, 0.1) is 6.20 Å². The maximum absolute atomic E-state index is 8.93. The first-order valence-electron chi connectivity index (χ1n) is 5.33. The highest BCUT2D eigenvalue weighted by molar-refractivity contribution is 8.03. The molecule has 0 aliphatic heterocycles. The van der Waals surface area contributed by atoms with Crippen LogP contribution < -0.4 is 0 Å². The monoisotopic (exact) mass is 252 g/mol. The summed E-state index contributed by atoms with van der Waals surface area (Å²) in [6, 6.07) is 9.84. The van der Waals surface area contributed by atoms with Crippen LogP contribution in [0.15, 0.2) is 53.9 Å². The van der Waals surface area contributed by atoms with E-state index in [4.69, 9.17) is 5.26 Å². The number of nitriles is 1. The second kappa shape index (κ2) is 4.51. The van der Waals surface area contributed by atoms with E-state index in [2.05, 4.69) is 15.4 Å². The molecule has 2 aromatic heterocycles. The highest BCUT2D eigenvalue weighted by Crippen LogP contribution is 2.30. The molecule has 0 amide bonds. The Labute approximate surface area is 108 Å². The second-order valence-corrected chi connectivity index (χ2v) is 4.40. The van der Waals surface area contributed by atoms with Crippen LogP contribution in [0, 0.1) is 10.7 Å². The van der Waals surface area contributed by atoms with E-state index in [0.717, 1.165) is 33.7 Å². The summed E-state index contributed by atoms with van der Waals surface area (Å²) in [5, 5.41) is 11.9. The molecule has 3 rings (SSSR count). The van der Waals surface area contributed by atoms with E-state index in [0.29, 0.717) is 0 Å². The third-order valence-corrected chi connectivity index (χ3v) is 3.25. The van der Waals surface area contributed by atoms with E-state index in [1.807, 2.05) is 40.9 Å². The topological polar surface area (TPSA) is 54.0 Å². The van der Waals surface area contributed by atoms with Crippen LogP contribution in [0.1, 0.15) is 0 Å². The van der Waals surface area contributed by atoms with Gasteiger partial charge in [0.15, 0.2) is 5.65 Å². The van der Waals surface area contributed by atoms with Gasteiger partial charge in [-0.15, -0.1) is 0 Å². The van der Waals surface area contributed by atoms with E-state index >= 15 is 0 Å². The molecule has 0 aliphatic rings. The lowest BCUT2D eigenvalue weighted by Gasteiger charge is -1.99. The van der Waals surface area contributed by atoms with Crippen LogP contribution in [0.25, 0.3) is 16.9 Å². The predicted octanol–water partition coefficient (Wildman–Crippen LogP) is 2.97. The summed E-state index contributed by atoms with van der Waals surface area (Å²) in [4.78, 5) is 8.58. The van der Waals surface area contributed by atoms with Crippen molar-refractivity contribution in [3.63, 3.8) is 0 Å². The van der Waals surface area contributed by atoms with Crippen molar-refractivity contribution < 1.29 is 0 Å². The summed E-state index contributed by atoms with van der Waals surface area (Å²) in [6.45, 7) is 0. The first-order valence-corrected chi connectivity index (χ1v) is 6.15. The van der Waals surface area contributed by atoms with Crippen LogP contribution in [0.4, 0.5) is 0 Å². The Bertz CT molecular complexity index is 728. The molecule has 0 N–H and O–H groups in total. The van der Waals surface area contributed by atoms with Gasteiger partial charge in [0, 0.05) is 29.7 Å². The Morgan fingerprint density at radius 2 is 2.06 bits per heavy atom. The van der Waals surface area contributed by atoms with Gasteiger partial charge in [-0.05, 0) is 0 Å². The number of aromatic nitrogens is 3. The molecule has 5 heteroatoms. The molecule has 3 aromatic rings. The minimum atomic E-state index is 0.745. The normalized spacial score (nSPS) is 10.4. The lowest BCUT2D eigenvalue weighted by molar-refractivity contribution is 1.03. The van der Waals surface area contributed by atoms with Gasteiger partial charge in [0.25, 0.3) is 0 Å². The number of rotatable bonds is 2. The van der Waals surface area contributed by atoms with E-state index in [-0.39, 0.29) is 0 Å². The zero-order valence-electron chi connectivity index (χ0n) is 9.32. The Balaban J connectivity index is 2.29. The number of hydrogen-bond acceptors (Lipinski definition) is 4. The molecule has 0 unspecified atom stereocenters. The van der Waals surface area contributed by atoms with Crippen molar-refractivity contribution in [3.8, 4) is 16.7 Å². The SMILES string of the molecule is N#CSc1c(-c2ccccc2)nc2cnccn12. The van der Waals surface area contributed by atoms with Gasteiger partial charge in [-0.25, -0.2) is 4.98 Å². The fourth-order valence-corrected chi connectivity index (χ4v) is 2.41. The Hall–Kier alpha value is -2.32. The molecule has 0 aliphatic carbocycles. The minimum absolute atomic E-state index is 0.745. The third kappa shape index (κ3) is 1.73. The Morgan fingerprint density at radius 3 is 2.83 bits per heavy atom. The third-order valence-electron chi connectivity index (χ3n) is 2.58. The number of nitrogens with zero attached hydrogens (tertiary/aromatic N) is 4. The van der Waals surface area contributed by atoms with Crippen LogP contribution in [0.2, 0.25) is 0 Å². The zero-order valence-corrected chi connectivity index (χ0v) is 10.1. The minimum Gasteiger partial charge on any atom is -0.290 e. The second-order valence-electron chi connectivity index (χ2n) is 3.63. The number of benzene rings is 1. The van der Waals surface area contributed by atoms with Crippen molar-refractivity contribution in [2.45, 2.75) is 5.03 Å². The highest BCUT2D eigenvalue weighted by Gasteiger charge is 2.14. The van der Waals surface area contributed by atoms with Gasteiger partial charge in [0.1, 0.15) is 16.1 Å². The highest BCUT2D eigenvalue weighted by atomic mass is 32.2. The number of thioether (sulfide) groups is 1. The molecule has 0 saturated heterocycles. The maximum Gasteiger partial charge on any atom is 0.156 e. The average Bonchev–Trinajstić information content (AvgIpc) is 2.80. The molecule has 0 radical (unpaired) electrons. The summed E-state index contributed by atoms with van der Waals surface area (Å²) >= 11 is 1.11. The van der Waals surface area contributed by atoms with Gasteiger partial charge in [-0.3, -0.25) is 9.38 Å². The summed E-state index contributed by atoms with van der Waals surface area (Å²) in [7, 11) is 0. The standard InChI is InChI=1S/C13H8N4S/c14-9-18-13-12(10-4-2-1-3-5-10)16-11-8-15-6-7-17(11)13/h1-8H. The quantitative estimate of drug-likeness (QED) is 0.519. The van der Waals surface area contributed by atoms with Gasteiger partial charge >= 0.3 is 0 Å². The van der Waals surface area contributed by atoms with Crippen LogP contribution in [0.3, 0.4) is 0 Å². The summed E-state index contributed by atoms with van der Waals surface area (Å²) in [5.41, 5.74) is 2.56.